The second-order valence-corrected chi connectivity index (χ2v) is 4.83. The lowest BCUT2D eigenvalue weighted by Crippen LogP contribution is -2.33. The maximum absolute atomic E-state index is 11.7. The zero-order valence-corrected chi connectivity index (χ0v) is 10.8. The fraction of sp³-hybridized carbons (Fsp3) is 0.500. The third-order valence-electron chi connectivity index (χ3n) is 3.22. The highest BCUT2D eigenvalue weighted by Crippen LogP contribution is 2.09. The summed E-state index contributed by atoms with van der Waals surface area (Å²) in [5.41, 5.74) is 1.98. The van der Waals surface area contributed by atoms with Crippen LogP contribution in [0.3, 0.4) is 0 Å². The lowest BCUT2D eigenvalue weighted by molar-refractivity contribution is 0.251. The number of benzene rings is 1. The van der Waals surface area contributed by atoms with Gasteiger partial charge in [-0.25, -0.2) is 4.79 Å². The van der Waals surface area contributed by atoms with E-state index >= 15 is 0 Å². The molecule has 1 aliphatic heterocycles. The predicted molar refractivity (Wildman–Crippen MR) is 73.8 cm³/mol. The third-order valence-corrected chi connectivity index (χ3v) is 3.22. The molecule has 2 rings (SSSR count). The number of nitrogens with one attached hydrogen (secondary N) is 3. The zero-order valence-electron chi connectivity index (χ0n) is 10.8. The molecule has 0 aromatic heterocycles. The molecule has 1 atom stereocenters. The second kappa shape index (κ2) is 6.40. The van der Waals surface area contributed by atoms with E-state index in [1.165, 1.54) is 12.8 Å². The van der Waals surface area contributed by atoms with Gasteiger partial charge in [0, 0.05) is 18.3 Å². The first-order chi connectivity index (χ1) is 8.74. The summed E-state index contributed by atoms with van der Waals surface area (Å²) in [4.78, 5) is 11.7. The van der Waals surface area contributed by atoms with Crippen LogP contribution in [0.2, 0.25) is 0 Å². The Bertz CT molecular complexity index is 400. The highest BCUT2D eigenvalue weighted by Gasteiger charge is 2.13. The first-order valence-corrected chi connectivity index (χ1v) is 6.59. The van der Waals surface area contributed by atoms with Crippen LogP contribution in [0.4, 0.5) is 10.5 Å². The average Bonchev–Trinajstić information content (AvgIpc) is 2.82. The molecule has 3 N–H and O–H groups in total. The summed E-state index contributed by atoms with van der Waals surface area (Å²) in [6.45, 7) is 3.84. The van der Waals surface area contributed by atoms with Gasteiger partial charge in [0.05, 0.1) is 0 Å². The van der Waals surface area contributed by atoms with Crippen molar-refractivity contribution < 1.29 is 4.79 Å². The molecule has 0 aliphatic carbocycles. The van der Waals surface area contributed by atoms with Crippen LogP contribution in [0, 0.1) is 6.92 Å². The largest absolute Gasteiger partial charge is 0.338 e. The van der Waals surface area contributed by atoms with Crippen molar-refractivity contribution >= 4 is 11.7 Å². The Kier molecular flexibility index (Phi) is 4.59. The Hall–Kier alpha value is -1.55. The average molecular weight is 247 g/mol. The van der Waals surface area contributed by atoms with Gasteiger partial charge in [-0.05, 0) is 50.4 Å². The molecule has 18 heavy (non-hydrogen) atoms. The van der Waals surface area contributed by atoms with Crippen LogP contribution < -0.4 is 16.0 Å². The van der Waals surface area contributed by atoms with E-state index in [0.29, 0.717) is 6.04 Å². The maximum Gasteiger partial charge on any atom is 0.319 e. The molecule has 1 aromatic rings. The highest BCUT2D eigenvalue weighted by molar-refractivity contribution is 5.89. The molecule has 98 valence electrons. The SMILES string of the molecule is Cc1cccc(NC(=O)NCC[C@H]2CCCN2)c1. The minimum Gasteiger partial charge on any atom is -0.338 e. The van der Waals surface area contributed by atoms with Crippen molar-refractivity contribution in [3.8, 4) is 0 Å². The first kappa shape index (κ1) is 12.9. The van der Waals surface area contributed by atoms with E-state index < -0.39 is 0 Å². The molecule has 0 saturated carbocycles. The third kappa shape index (κ3) is 4.04. The number of urea groups is 1. The molecule has 1 heterocycles. The zero-order chi connectivity index (χ0) is 12.8. The number of carbonyl (C=O) groups excluding carboxylic acids is 1. The Morgan fingerprint density at radius 1 is 1.50 bits per heavy atom. The van der Waals surface area contributed by atoms with Crippen molar-refractivity contribution in [2.75, 3.05) is 18.4 Å². The number of anilines is 1. The van der Waals surface area contributed by atoms with E-state index in [0.717, 1.165) is 30.8 Å². The Balaban J connectivity index is 1.68. The molecule has 4 heteroatoms. The smallest absolute Gasteiger partial charge is 0.319 e. The molecule has 0 spiro atoms. The molecule has 0 radical (unpaired) electrons. The summed E-state index contributed by atoms with van der Waals surface area (Å²) in [7, 11) is 0. The molecule has 1 aromatic carbocycles. The molecule has 0 unspecified atom stereocenters. The van der Waals surface area contributed by atoms with Crippen LogP contribution >= 0.6 is 0 Å². The predicted octanol–water partition coefficient (Wildman–Crippen LogP) is 2.26. The monoisotopic (exact) mass is 247 g/mol. The van der Waals surface area contributed by atoms with Gasteiger partial charge in [-0.2, -0.15) is 0 Å². The summed E-state index contributed by atoms with van der Waals surface area (Å²) < 4.78 is 0. The number of amides is 2. The van der Waals surface area contributed by atoms with Gasteiger partial charge >= 0.3 is 6.03 Å². The number of carbonyl (C=O) groups is 1. The topological polar surface area (TPSA) is 53.2 Å². The molecule has 4 nitrogen and oxygen atoms in total. The fourth-order valence-electron chi connectivity index (χ4n) is 2.26. The van der Waals surface area contributed by atoms with Crippen LogP contribution in [0.1, 0.15) is 24.8 Å². The number of hydrogen-bond acceptors (Lipinski definition) is 2. The summed E-state index contributed by atoms with van der Waals surface area (Å²) in [5.74, 6) is 0. The molecular weight excluding hydrogens is 226 g/mol. The van der Waals surface area contributed by atoms with E-state index in [1.54, 1.807) is 0 Å². The molecule has 0 bridgehead atoms. The second-order valence-electron chi connectivity index (χ2n) is 4.83. The van der Waals surface area contributed by atoms with Crippen LogP contribution in [0.25, 0.3) is 0 Å². The molecule has 1 aliphatic rings. The standard InChI is InChI=1S/C14H21N3O/c1-11-4-2-5-13(10-11)17-14(18)16-9-7-12-6-3-8-15-12/h2,4-5,10,12,15H,3,6-9H2,1H3,(H2,16,17,18)/t12-/m1/s1. The lowest BCUT2D eigenvalue weighted by atomic mass is 10.1. The minimum absolute atomic E-state index is 0.126. The lowest BCUT2D eigenvalue weighted by Gasteiger charge is -2.11. The molecule has 1 fully saturated rings. The van der Waals surface area contributed by atoms with E-state index in [1.807, 2.05) is 31.2 Å². The first-order valence-electron chi connectivity index (χ1n) is 6.59. The maximum atomic E-state index is 11.7. The van der Waals surface area contributed by atoms with Crippen LogP contribution in [-0.4, -0.2) is 25.2 Å². The van der Waals surface area contributed by atoms with Gasteiger partial charge in [0.2, 0.25) is 0 Å². The highest BCUT2D eigenvalue weighted by atomic mass is 16.2. The van der Waals surface area contributed by atoms with Gasteiger partial charge in [0.15, 0.2) is 0 Å². The number of hydrogen-bond donors (Lipinski definition) is 3. The van der Waals surface area contributed by atoms with Crippen molar-refractivity contribution in [2.45, 2.75) is 32.2 Å². The van der Waals surface area contributed by atoms with Gasteiger partial charge < -0.3 is 16.0 Å². The Labute approximate surface area is 108 Å². The van der Waals surface area contributed by atoms with E-state index in [-0.39, 0.29) is 6.03 Å². The minimum atomic E-state index is -0.126. The number of aryl methyl sites for hydroxylation is 1. The van der Waals surface area contributed by atoms with Gasteiger partial charge in [0.25, 0.3) is 0 Å². The molecule has 1 saturated heterocycles. The van der Waals surface area contributed by atoms with Gasteiger partial charge in [-0.15, -0.1) is 0 Å². The van der Waals surface area contributed by atoms with Gasteiger partial charge in [-0.1, -0.05) is 12.1 Å². The summed E-state index contributed by atoms with van der Waals surface area (Å²) >= 11 is 0. The van der Waals surface area contributed by atoms with E-state index in [4.69, 9.17) is 0 Å². The Morgan fingerprint density at radius 3 is 3.11 bits per heavy atom. The van der Waals surface area contributed by atoms with Crippen molar-refractivity contribution in [1.82, 2.24) is 10.6 Å². The molecule has 2 amide bonds. The van der Waals surface area contributed by atoms with Crippen molar-refractivity contribution in [3.63, 3.8) is 0 Å². The quantitative estimate of drug-likeness (QED) is 0.764. The van der Waals surface area contributed by atoms with E-state index in [2.05, 4.69) is 16.0 Å². The van der Waals surface area contributed by atoms with Crippen LogP contribution in [0.5, 0.6) is 0 Å². The van der Waals surface area contributed by atoms with Gasteiger partial charge in [0.1, 0.15) is 0 Å². The van der Waals surface area contributed by atoms with Gasteiger partial charge in [-0.3, -0.25) is 0 Å². The summed E-state index contributed by atoms with van der Waals surface area (Å²) in [6.07, 6.45) is 3.47. The van der Waals surface area contributed by atoms with E-state index in [9.17, 15) is 4.79 Å². The number of rotatable bonds is 4. The normalized spacial score (nSPS) is 18.6. The molecular formula is C14H21N3O. The summed E-state index contributed by atoms with van der Waals surface area (Å²) in [5, 5.41) is 9.14. The van der Waals surface area contributed by atoms with Crippen molar-refractivity contribution in [1.29, 1.82) is 0 Å². The fourth-order valence-corrected chi connectivity index (χ4v) is 2.26. The van der Waals surface area contributed by atoms with Crippen molar-refractivity contribution in [3.05, 3.63) is 29.8 Å². The van der Waals surface area contributed by atoms with Crippen molar-refractivity contribution in [2.24, 2.45) is 0 Å². The van der Waals surface area contributed by atoms with Crippen LogP contribution in [-0.2, 0) is 0 Å². The Morgan fingerprint density at radius 2 is 2.39 bits per heavy atom. The summed E-state index contributed by atoms with van der Waals surface area (Å²) in [6, 6.07) is 8.24. The van der Waals surface area contributed by atoms with Crippen LogP contribution in [0.15, 0.2) is 24.3 Å².